The van der Waals surface area contributed by atoms with Crippen LogP contribution in [-0.4, -0.2) is 47.0 Å². The Hall–Kier alpha value is -3.91. The standard InChI is InChI=1S/C27H29N5O3/c1-32-17-22(16-29-32)26(18-5-7-24(34-2)8-6-18)31-27(33)19-3-4-20-15-28-25(14-21(20)13-19)30-23-9-11-35-12-10-23/h3-8,13-17,23,26H,9-12H2,1-2H3,(H,28,30)(H,31,33)/t26-/m0/s1. The molecule has 2 aromatic carbocycles. The molecule has 1 amide bonds. The van der Waals surface area contributed by atoms with Gasteiger partial charge in [0.05, 0.1) is 19.3 Å². The first kappa shape index (κ1) is 22.9. The van der Waals surface area contributed by atoms with Gasteiger partial charge in [0.15, 0.2) is 0 Å². The Morgan fingerprint density at radius 2 is 1.86 bits per heavy atom. The Bertz CT molecular complexity index is 1310. The first-order valence-corrected chi connectivity index (χ1v) is 11.8. The molecule has 0 radical (unpaired) electrons. The van der Waals surface area contributed by atoms with E-state index in [2.05, 4.69) is 20.7 Å². The highest BCUT2D eigenvalue weighted by Gasteiger charge is 2.20. The van der Waals surface area contributed by atoms with Crippen LogP contribution < -0.4 is 15.4 Å². The van der Waals surface area contributed by atoms with Gasteiger partial charge in [0.2, 0.25) is 0 Å². The topological polar surface area (TPSA) is 90.3 Å². The molecule has 1 saturated heterocycles. The number of fused-ring (bicyclic) bond motifs is 1. The van der Waals surface area contributed by atoms with Gasteiger partial charge in [0, 0.05) is 55.2 Å². The molecular formula is C27H29N5O3. The van der Waals surface area contributed by atoms with E-state index >= 15 is 0 Å². The summed E-state index contributed by atoms with van der Waals surface area (Å²) in [6.45, 7) is 1.53. The lowest BCUT2D eigenvalue weighted by Crippen LogP contribution is -2.29. The fraction of sp³-hybridized carbons (Fsp3) is 0.296. The molecule has 8 heteroatoms. The van der Waals surface area contributed by atoms with Crippen LogP contribution in [0, 0.1) is 0 Å². The molecule has 0 bridgehead atoms. The number of nitrogens with zero attached hydrogens (tertiary/aromatic N) is 3. The third-order valence-electron chi connectivity index (χ3n) is 6.34. The zero-order valence-corrected chi connectivity index (χ0v) is 19.9. The molecule has 1 aliphatic rings. The van der Waals surface area contributed by atoms with E-state index in [0.29, 0.717) is 11.6 Å². The maximum absolute atomic E-state index is 13.4. The van der Waals surface area contributed by atoms with E-state index in [1.54, 1.807) is 18.0 Å². The average Bonchev–Trinajstić information content (AvgIpc) is 3.33. The molecule has 1 atom stereocenters. The molecular weight excluding hydrogens is 442 g/mol. The number of hydrogen-bond acceptors (Lipinski definition) is 6. The van der Waals surface area contributed by atoms with Crippen LogP contribution in [0.4, 0.5) is 5.82 Å². The number of pyridine rings is 1. The minimum absolute atomic E-state index is 0.160. The molecule has 4 aromatic rings. The number of carbonyl (C=O) groups excluding carboxylic acids is 1. The van der Waals surface area contributed by atoms with Crippen molar-refractivity contribution in [2.45, 2.75) is 24.9 Å². The van der Waals surface area contributed by atoms with E-state index in [1.807, 2.05) is 68.0 Å². The first-order chi connectivity index (χ1) is 17.1. The maximum atomic E-state index is 13.4. The molecule has 0 unspecified atom stereocenters. The molecule has 35 heavy (non-hydrogen) atoms. The Kier molecular flexibility index (Phi) is 6.63. The van der Waals surface area contributed by atoms with Crippen molar-refractivity contribution in [1.82, 2.24) is 20.1 Å². The Balaban J connectivity index is 1.39. The summed E-state index contributed by atoms with van der Waals surface area (Å²) < 4.78 is 12.5. The van der Waals surface area contributed by atoms with Gasteiger partial charge in [-0.3, -0.25) is 9.48 Å². The first-order valence-electron chi connectivity index (χ1n) is 11.8. The van der Waals surface area contributed by atoms with Gasteiger partial charge in [0.1, 0.15) is 11.6 Å². The lowest BCUT2D eigenvalue weighted by Gasteiger charge is -2.23. The van der Waals surface area contributed by atoms with Gasteiger partial charge in [0.25, 0.3) is 5.91 Å². The summed E-state index contributed by atoms with van der Waals surface area (Å²) in [6.07, 6.45) is 7.45. The minimum atomic E-state index is -0.346. The molecule has 0 saturated carbocycles. The lowest BCUT2D eigenvalue weighted by atomic mass is 10.0. The van der Waals surface area contributed by atoms with Gasteiger partial charge in [-0.1, -0.05) is 18.2 Å². The molecule has 2 N–H and O–H groups in total. The molecule has 8 nitrogen and oxygen atoms in total. The highest BCUT2D eigenvalue weighted by molar-refractivity contribution is 5.99. The number of amides is 1. The Labute approximate surface area is 204 Å². The third kappa shape index (κ3) is 5.27. The van der Waals surface area contributed by atoms with Crippen LogP contribution in [0.2, 0.25) is 0 Å². The van der Waals surface area contributed by atoms with Gasteiger partial charge in [-0.05, 0) is 54.1 Å². The lowest BCUT2D eigenvalue weighted by molar-refractivity contribution is 0.0903. The van der Waals surface area contributed by atoms with Crippen molar-refractivity contribution >= 4 is 22.5 Å². The molecule has 2 aromatic heterocycles. The number of methoxy groups -OCH3 is 1. The normalized spacial score (nSPS) is 15.0. The number of benzene rings is 2. The number of hydrogen-bond donors (Lipinski definition) is 2. The summed E-state index contributed by atoms with van der Waals surface area (Å²) in [5, 5.41) is 12.9. The zero-order chi connectivity index (χ0) is 24.2. The molecule has 0 spiro atoms. The second-order valence-corrected chi connectivity index (χ2v) is 8.79. The van der Waals surface area contributed by atoms with E-state index in [9.17, 15) is 4.79 Å². The van der Waals surface area contributed by atoms with Crippen LogP contribution in [0.25, 0.3) is 10.8 Å². The maximum Gasteiger partial charge on any atom is 0.252 e. The number of nitrogens with one attached hydrogen (secondary N) is 2. The number of carbonyl (C=O) groups is 1. The van der Waals surface area contributed by atoms with Gasteiger partial charge >= 0.3 is 0 Å². The van der Waals surface area contributed by atoms with Crippen LogP contribution >= 0.6 is 0 Å². The van der Waals surface area contributed by atoms with Crippen molar-refractivity contribution in [2.24, 2.45) is 7.05 Å². The van der Waals surface area contributed by atoms with Gasteiger partial charge in [-0.15, -0.1) is 0 Å². The van der Waals surface area contributed by atoms with Crippen LogP contribution in [-0.2, 0) is 11.8 Å². The number of rotatable bonds is 7. The van der Waals surface area contributed by atoms with Crippen molar-refractivity contribution < 1.29 is 14.3 Å². The van der Waals surface area contributed by atoms with E-state index in [4.69, 9.17) is 9.47 Å². The summed E-state index contributed by atoms with van der Waals surface area (Å²) >= 11 is 0. The second kappa shape index (κ2) is 10.1. The highest BCUT2D eigenvalue weighted by Crippen LogP contribution is 2.26. The largest absolute Gasteiger partial charge is 0.497 e. The van der Waals surface area contributed by atoms with Crippen molar-refractivity contribution in [3.05, 3.63) is 83.8 Å². The minimum Gasteiger partial charge on any atom is -0.497 e. The molecule has 5 rings (SSSR count). The number of ether oxygens (including phenoxy) is 2. The number of anilines is 1. The smallest absolute Gasteiger partial charge is 0.252 e. The van der Waals surface area contributed by atoms with E-state index in [0.717, 1.165) is 59.5 Å². The van der Waals surface area contributed by atoms with E-state index < -0.39 is 0 Å². The summed E-state index contributed by atoms with van der Waals surface area (Å²) in [6, 6.07) is 15.4. The summed E-state index contributed by atoms with van der Waals surface area (Å²) in [7, 11) is 3.49. The van der Waals surface area contributed by atoms with Crippen LogP contribution in [0.3, 0.4) is 0 Å². The van der Waals surface area contributed by atoms with Crippen molar-refractivity contribution in [1.29, 1.82) is 0 Å². The average molecular weight is 472 g/mol. The predicted molar refractivity (Wildman–Crippen MR) is 135 cm³/mol. The van der Waals surface area contributed by atoms with Crippen LogP contribution in [0.5, 0.6) is 5.75 Å². The fourth-order valence-corrected chi connectivity index (χ4v) is 4.37. The summed E-state index contributed by atoms with van der Waals surface area (Å²) in [5.74, 6) is 1.42. The van der Waals surface area contributed by atoms with Gasteiger partial charge < -0.3 is 20.1 Å². The Morgan fingerprint density at radius 1 is 1.06 bits per heavy atom. The van der Waals surface area contributed by atoms with Crippen molar-refractivity contribution in [3.63, 3.8) is 0 Å². The van der Waals surface area contributed by atoms with E-state index in [-0.39, 0.29) is 11.9 Å². The predicted octanol–water partition coefficient (Wildman–Crippen LogP) is 4.09. The number of aromatic nitrogens is 3. The quantitative estimate of drug-likeness (QED) is 0.422. The summed E-state index contributed by atoms with van der Waals surface area (Å²) in [5.41, 5.74) is 2.43. The zero-order valence-electron chi connectivity index (χ0n) is 19.9. The van der Waals surface area contributed by atoms with Crippen molar-refractivity contribution in [3.8, 4) is 5.75 Å². The molecule has 1 aliphatic heterocycles. The van der Waals surface area contributed by atoms with E-state index in [1.165, 1.54) is 0 Å². The molecule has 3 heterocycles. The number of aryl methyl sites for hydroxylation is 1. The second-order valence-electron chi connectivity index (χ2n) is 8.79. The highest BCUT2D eigenvalue weighted by atomic mass is 16.5. The SMILES string of the molecule is COc1ccc([C@H](NC(=O)c2ccc3cnc(NC4CCOCC4)cc3c2)c2cnn(C)c2)cc1. The van der Waals surface area contributed by atoms with Gasteiger partial charge in [-0.25, -0.2) is 4.98 Å². The monoisotopic (exact) mass is 471 g/mol. The van der Waals surface area contributed by atoms with Crippen molar-refractivity contribution in [2.75, 3.05) is 25.6 Å². The molecule has 0 aliphatic carbocycles. The Morgan fingerprint density at radius 3 is 2.57 bits per heavy atom. The molecule has 1 fully saturated rings. The third-order valence-corrected chi connectivity index (χ3v) is 6.34. The fourth-order valence-electron chi connectivity index (χ4n) is 4.37. The summed E-state index contributed by atoms with van der Waals surface area (Å²) in [4.78, 5) is 17.9. The van der Waals surface area contributed by atoms with Crippen LogP contribution in [0.1, 0.15) is 40.4 Å². The van der Waals surface area contributed by atoms with Crippen LogP contribution in [0.15, 0.2) is 67.1 Å². The molecule has 180 valence electrons. The van der Waals surface area contributed by atoms with Gasteiger partial charge in [-0.2, -0.15) is 5.10 Å².